The summed E-state index contributed by atoms with van der Waals surface area (Å²) in [4.78, 5) is 12.3. The Labute approximate surface area is 120 Å². The summed E-state index contributed by atoms with van der Waals surface area (Å²) in [7, 11) is 0. The molecule has 0 amide bonds. The number of carbonyl (C=O) groups excluding carboxylic acids is 1. The molecule has 0 radical (unpaired) electrons. The van der Waals surface area contributed by atoms with Crippen LogP contribution < -0.4 is 0 Å². The standard InChI is InChI=1S/C18H20O2/c1-14(2)17(16-11-7-4-8-12-16)18(19)20-13-15-9-5-3-6-10-15/h3-12,14,17H,13H2,1-2H3/t17-/m0/s1. The highest BCUT2D eigenvalue weighted by atomic mass is 16.5. The molecule has 0 aliphatic heterocycles. The summed E-state index contributed by atoms with van der Waals surface area (Å²) in [6.45, 7) is 4.42. The molecule has 2 rings (SSSR count). The Balaban J connectivity index is 2.05. The summed E-state index contributed by atoms with van der Waals surface area (Å²) >= 11 is 0. The Hall–Kier alpha value is -2.09. The van der Waals surface area contributed by atoms with Gasteiger partial charge < -0.3 is 4.74 Å². The van der Waals surface area contributed by atoms with E-state index in [1.165, 1.54) is 0 Å². The number of carbonyl (C=O) groups is 1. The van der Waals surface area contributed by atoms with Gasteiger partial charge >= 0.3 is 5.97 Å². The summed E-state index contributed by atoms with van der Waals surface area (Å²) in [6, 6.07) is 19.6. The van der Waals surface area contributed by atoms with E-state index in [2.05, 4.69) is 0 Å². The van der Waals surface area contributed by atoms with E-state index in [-0.39, 0.29) is 17.8 Å². The lowest BCUT2D eigenvalue weighted by atomic mass is 9.88. The molecule has 0 saturated heterocycles. The highest BCUT2D eigenvalue weighted by Crippen LogP contribution is 2.26. The van der Waals surface area contributed by atoms with Gasteiger partial charge in [0.1, 0.15) is 6.61 Å². The largest absolute Gasteiger partial charge is 0.460 e. The highest BCUT2D eigenvalue weighted by Gasteiger charge is 2.25. The van der Waals surface area contributed by atoms with Crippen LogP contribution in [0, 0.1) is 5.92 Å². The SMILES string of the molecule is CC(C)[C@H](C(=O)OCc1ccccc1)c1ccccc1. The molecule has 0 aliphatic carbocycles. The van der Waals surface area contributed by atoms with Gasteiger partial charge in [0, 0.05) is 0 Å². The number of hydrogen-bond donors (Lipinski definition) is 0. The number of esters is 1. The van der Waals surface area contributed by atoms with Gasteiger partial charge in [-0.05, 0) is 17.0 Å². The molecule has 0 unspecified atom stereocenters. The van der Waals surface area contributed by atoms with Crippen LogP contribution in [0.5, 0.6) is 0 Å². The number of rotatable bonds is 5. The van der Waals surface area contributed by atoms with Gasteiger partial charge in [0.2, 0.25) is 0 Å². The maximum Gasteiger partial charge on any atom is 0.314 e. The van der Waals surface area contributed by atoms with Gasteiger partial charge in [0.05, 0.1) is 5.92 Å². The van der Waals surface area contributed by atoms with Gasteiger partial charge in [-0.25, -0.2) is 0 Å². The fourth-order valence-corrected chi connectivity index (χ4v) is 2.27. The molecule has 20 heavy (non-hydrogen) atoms. The van der Waals surface area contributed by atoms with Gasteiger partial charge in [-0.15, -0.1) is 0 Å². The van der Waals surface area contributed by atoms with Crippen LogP contribution in [0.2, 0.25) is 0 Å². The van der Waals surface area contributed by atoms with Gasteiger partial charge in [-0.1, -0.05) is 74.5 Å². The molecule has 0 heterocycles. The monoisotopic (exact) mass is 268 g/mol. The van der Waals surface area contributed by atoms with Crippen molar-refractivity contribution in [3.05, 3.63) is 71.8 Å². The van der Waals surface area contributed by atoms with Crippen LogP contribution in [-0.4, -0.2) is 5.97 Å². The van der Waals surface area contributed by atoms with Crippen molar-refractivity contribution in [3.8, 4) is 0 Å². The fourth-order valence-electron chi connectivity index (χ4n) is 2.27. The third-order valence-electron chi connectivity index (χ3n) is 3.30. The fraction of sp³-hybridized carbons (Fsp3) is 0.278. The normalized spacial score (nSPS) is 12.2. The Kier molecular flexibility index (Phi) is 4.94. The number of ether oxygens (including phenoxy) is 1. The molecule has 2 heteroatoms. The third kappa shape index (κ3) is 3.70. The van der Waals surface area contributed by atoms with E-state index < -0.39 is 0 Å². The topological polar surface area (TPSA) is 26.3 Å². The molecule has 0 spiro atoms. The average molecular weight is 268 g/mol. The molecular weight excluding hydrogens is 248 g/mol. The molecule has 0 saturated carbocycles. The number of benzene rings is 2. The summed E-state index contributed by atoms with van der Waals surface area (Å²) in [6.07, 6.45) is 0. The summed E-state index contributed by atoms with van der Waals surface area (Å²) < 4.78 is 5.47. The first-order chi connectivity index (χ1) is 9.68. The lowest BCUT2D eigenvalue weighted by Crippen LogP contribution is -2.20. The van der Waals surface area contributed by atoms with Crippen molar-refractivity contribution in [1.82, 2.24) is 0 Å². The Morgan fingerprint density at radius 3 is 2.05 bits per heavy atom. The second-order valence-corrected chi connectivity index (χ2v) is 5.23. The first-order valence-electron chi connectivity index (χ1n) is 6.94. The van der Waals surface area contributed by atoms with Crippen LogP contribution >= 0.6 is 0 Å². The van der Waals surface area contributed by atoms with Crippen LogP contribution in [0.3, 0.4) is 0 Å². The molecule has 0 fully saturated rings. The van der Waals surface area contributed by atoms with Crippen LogP contribution in [0.25, 0.3) is 0 Å². The predicted octanol–water partition coefficient (Wildman–Crippen LogP) is 4.17. The zero-order valence-electron chi connectivity index (χ0n) is 12.0. The van der Waals surface area contributed by atoms with Crippen molar-refractivity contribution >= 4 is 5.97 Å². The first-order valence-corrected chi connectivity index (χ1v) is 6.94. The first kappa shape index (κ1) is 14.3. The molecule has 2 aromatic rings. The van der Waals surface area contributed by atoms with E-state index in [0.717, 1.165) is 11.1 Å². The molecule has 0 aromatic heterocycles. The predicted molar refractivity (Wildman–Crippen MR) is 80.3 cm³/mol. The zero-order chi connectivity index (χ0) is 14.4. The molecule has 1 atom stereocenters. The second-order valence-electron chi connectivity index (χ2n) is 5.23. The Morgan fingerprint density at radius 2 is 1.50 bits per heavy atom. The van der Waals surface area contributed by atoms with Crippen LogP contribution in [0.4, 0.5) is 0 Å². The van der Waals surface area contributed by atoms with Crippen LogP contribution in [0.15, 0.2) is 60.7 Å². The van der Waals surface area contributed by atoms with Gasteiger partial charge in [0.25, 0.3) is 0 Å². The summed E-state index contributed by atoms with van der Waals surface area (Å²) in [5.41, 5.74) is 2.02. The van der Waals surface area contributed by atoms with Crippen molar-refractivity contribution in [2.75, 3.05) is 0 Å². The van der Waals surface area contributed by atoms with Gasteiger partial charge in [0.15, 0.2) is 0 Å². The van der Waals surface area contributed by atoms with Gasteiger partial charge in [-0.2, -0.15) is 0 Å². The molecule has 0 bridgehead atoms. The molecule has 0 aliphatic rings. The molecule has 2 aromatic carbocycles. The van der Waals surface area contributed by atoms with Crippen molar-refractivity contribution in [1.29, 1.82) is 0 Å². The van der Waals surface area contributed by atoms with Crippen molar-refractivity contribution in [2.24, 2.45) is 5.92 Å². The maximum absolute atomic E-state index is 12.3. The lowest BCUT2D eigenvalue weighted by Gasteiger charge is -2.19. The van der Waals surface area contributed by atoms with E-state index >= 15 is 0 Å². The Morgan fingerprint density at radius 1 is 0.950 bits per heavy atom. The second kappa shape index (κ2) is 6.90. The lowest BCUT2D eigenvalue weighted by molar-refractivity contribution is -0.148. The van der Waals surface area contributed by atoms with E-state index in [9.17, 15) is 4.79 Å². The van der Waals surface area contributed by atoms with Crippen molar-refractivity contribution in [2.45, 2.75) is 26.4 Å². The minimum Gasteiger partial charge on any atom is -0.460 e. The minimum absolute atomic E-state index is 0.157. The number of hydrogen-bond acceptors (Lipinski definition) is 2. The van der Waals surface area contributed by atoms with E-state index in [1.54, 1.807) is 0 Å². The van der Waals surface area contributed by atoms with E-state index in [0.29, 0.717) is 6.61 Å². The zero-order valence-corrected chi connectivity index (χ0v) is 12.0. The third-order valence-corrected chi connectivity index (χ3v) is 3.30. The molecular formula is C18H20O2. The molecule has 2 nitrogen and oxygen atoms in total. The van der Waals surface area contributed by atoms with Crippen molar-refractivity contribution < 1.29 is 9.53 Å². The van der Waals surface area contributed by atoms with Crippen molar-refractivity contribution in [3.63, 3.8) is 0 Å². The quantitative estimate of drug-likeness (QED) is 0.761. The van der Waals surface area contributed by atoms with E-state index in [4.69, 9.17) is 4.74 Å². The summed E-state index contributed by atoms with van der Waals surface area (Å²) in [5.74, 6) is -0.157. The van der Waals surface area contributed by atoms with Gasteiger partial charge in [-0.3, -0.25) is 4.79 Å². The average Bonchev–Trinajstić information content (AvgIpc) is 2.47. The molecule has 104 valence electrons. The summed E-state index contributed by atoms with van der Waals surface area (Å²) in [5, 5.41) is 0. The molecule has 0 N–H and O–H groups in total. The smallest absolute Gasteiger partial charge is 0.314 e. The highest BCUT2D eigenvalue weighted by molar-refractivity contribution is 5.78. The minimum atomic E-state index is -0.208. The Bertz CT molecular complexity index is 532. The maximum atomic E-state index is 12.3. The van der Waals surface area contributed by atoms with E-state index in [1.807, 2.05) is 74.5 Å². The van der Waals surface area contributed by atoms with Crippen LogP contribution in [-0.2, 0) is 16.1 Å². The van der Waals surface area contributed by atoms with Crippen LogP contribution in [0.1, 0.15) is 30.9 Å².